The van der Waals surface area contributed by atoms with Gasteiger partial charge in [-0.05, 0) is 13.0 Å². The highest BCUT2D eigenvalue weighted by molar-refractivity contribution is 5.35. The van der Waals surface area contributed by atoms with Crippen LogP contribution >= 0.6 is 0 Å². The molecule has 13 heavy (non-hydrogen) atoms. The average Bonchev–Trinajstić information content (AvgIpc) is 2.09. The van der Waals surface area contributed by atoms with Gasteiger partial charge in [-0.2, -0.15) is 0 Å². The summed E-state index contributed by atoms with van der Waals surface area (Å²) in [7, 11) is 0. The molecule has 0 radical (unpaired) electrons. The number of anilines is 1. The van der Waals surface area contributed by atoms with E-state index in [0.717, 1.165) is 18.7 Å². The summed E-state index contributed by atoms with van der Waals surface area (Å²) in [6, 6.07) is 0.789. The lowest BCUT2D eigenvalue weighted by atomic mass is 10.4. The maximum Gasteiger partial charge on any atom is 0.168 e. The molecule has 0 fully saturated rings. The van der Waals surface area contributed by atoms with E-state index in [1.807, 2.05) is 0 Å². The van der Waals surface area contributed by atoms with Crippen molar-refractivity contribution in [1.82, 2.24) is 4.98 Å². The maximum absolute atomic E-state index is 12.9. The van der Waals surface area contributed by atoms with E-state index in [-0.39, 0.29) is 5.82 Å². The minimum Gasteiger partial charge on any atom is -0.368 e. The minimum absolute atomic E-state index is 0.0647. The summed E-state index contributed by atoms with van der Waals surface area (Å²) >= 11 is 0. The molecule has 0 saturated heterocycles. The fourth-order valence-electron chi connectivity index (χ4n) is 0.854. The summed E-state index contributed by atoms with van der Waals surface area (Å²) in [4.78, 5) is 3.55. The first-order valence-corrected chi connectivity index (χ1v) is 3.99. The largest absolute Gasteiger partial charge is 0.368 e. The van der Waals surface area contributed by atoms with Gasteiger partial charge in [0.05, 0.1) is 6.20 Å². The monoisotopic (exact) mass is 187 g/mol. The van der Waals surface area contributed by atoms with E-state index in [4.69, 9.17) is 5.73 Å². The molecule has 0 atom stereocenters. The zero-order chi connectivity index (χ0) is 9.68. The molecule has 1 heterocycles. The van der Waals surface area contributed by atoms with Gasteiger partial charge in [0.15, 0.2) is 11.6 Å². The van der Waals surface area contributed by atoms with Gasteiger partial charge in [-0.3, -0.25) is 0 Å². The van der Waals surface area contributed by atoms with Crippen molar-refractivity contribution >= 4 is 5.82 Å². The smallest absolute Gasteiger partial charge is 0.168 e. The fraction of sp³-hybridized carbons (Fsp3) is 0.375. The third-order valence-electron chi connectivity index (χ3n) is 1.48. The first-order chi connectivity index (χ1) is 6.24. The van der Waals surface area contributed by atoms with Crippen LogP contribution in [0.2, 0.25) is 0 Å². The van der Waals surface area contributed by atoms with Crippen molar-refractivity contribution in [3.63, 3.8) is 0 Å². The Bertz CT molecular complexity index is 278. The lowest BCUT2D eigenvalue weighted by Crippen LogP contribution is -2.10. The third kappa shape index (κ3) is 2.95. The predicted octanol–water partition coefficient (Wildman–Crippen LogP) is 1.12. The Morgan fingerprint density at radius 2 is 2.23 bits per heavy atom. The van der Waals surface area contributed by atoms with E-state index in [0.29, 0.717) is 13.1 Å². The Labute approximate surface area is 75.0 Å². The summed E-state index contributed by atoms with van der Waals surface area (Å²) < 4.78 is 25.3. The third-order valence-corrected chi connectivity index (χ3v) is 1.48. The second-order valence-corrected chi connectivity index (χ2v) is 2.55. The molecular weight excluding hydrogens is 176 g/mol. The van der Waals surface area contributed by atoms with Crippen LogP contribution in [0.15, 0.2) is 12.3 Å². The number of rotatable bonds is 4. The van der Waals surface area contributed by atoms with Gasteiger partial charge in [-0.25, -0.2) is 13.8 Å². The van der Waals surface area contributed by atoms with Gasteiger partial charge in [-0.15, -0.1) is 0 Å². The zero-order valence-electron chi connectivity index (χ0n) is 7.06. The number of halogens is 2. The van der Waals surface area contributed by atoms with E-state index in [2.05, 4.69) is 10.3 Å². The van der Waals surface area contributed by atoms with Gasteiger partial charge in [-0.1, -0.05) is 0 Å². The molecule has 0 aliphatic rings. The first kappa shape index (κ1) is 9.85. The van der Waals surface area contributed by atoms with Crippen molar-refractivity contribution in [3.8, 4) is 0 Å². The van der Waals surface area contributed by atoms with Crippen LogP contribution in [0.1, 0.15) is 6.42 Å². The van der Waals surface area contributed by atoms with E-state index in [1.54, 1.807) is 0 Å². The molecule has 72 valence electrons. The van der Waals surface area contributed by atoms with E-state index < -0.39 is 11.6 Å². The average molecular weight is 187 g/mol. The molecule has 0 amide bonds. The molecule has 0 aromatic carbocycles. The maximum atomic E-state index is 12.9. The summed E-state index contributed by atoms with van der Waals surface area (Å²) in [5, 5.41) is 2.71. The minimum atomic E-state index is -0.683. The van der Waals surface area contributed by atoms with Gasteiger partial charge in [0.25, 0.3) is 0 Å². The molecule has 0 unspecified atom stereocenters. The molecular formula is C8H11F2N3. The normalized spacial score (nSPS) is 10.1. The van der Waals surface area contributed by atoms with Crippen molar-refractivity contribution in [3.05, 3.63) is 23.9 Å². The fourth-order valence-corrected chi connectivity index (χ4v) is 0.854. The second-order valence-electron chi connectivity index (χ2n) is 2.55. The van der Waals surface area contributed by atoms with Crippen LogP contribution in [0.25, 0.3) is 0 Å². The number of nitrogens with one attached hydrogen (secondary N) is 1. The highest BCUT2D eigenvalue weighted by atomic mass is 19.1. The highest BCUT2D eigenvalue weighted by Gasteiger charge is 2.03. The van der Waals surface area contributed by atoms with Gasteiger partial charge >= 0.3 is 0 Å². The number of nitrogens with two attached hydrogens (primary N) is 1. The molecule has 0 bridgehead atoms. The molecule has 1 aromatic rings. The number of hydrogen-bond acceptors (Lipinski definition) is 3. The Morgan fingerprint density at radius 3 is 2.85 bits per heavy atom. The Kier molecular flexibility index (Phi) is 3.57. The van der Waals surface area contributed by atoms with Gasteiger partial charge in [0.1, 0.15) is 5.82 Å². The molecule has 0 spiro atoms. The Balaban J connectivity index is 2.56. The number of hydrogen-bond donors (Lipinski definition) is 2. The topological polar surface area (TPSA) is 50.9 Å². The van der Waals surface area contributed by atoms with E-state index in [1.165, 1.54) is 0 Å². The quantitative estimate of drug-likeness (QED) is 0.694. The van der Waals surface area contributed by atoms with Crippen molar-refractivity contribution < 1.29 is 8.78 Å². The van der Waals surface area contributed by atoms with Crippen LogP contribution in [0, 0.1) is 11.6 Å². The predicted molar refractivity (Wildman–Crippen MR) is 46.3 cm³/mol. The van der Waals surface area contributed by atoms with Crippen LogP contribution in [0.4, 0.5) is 14.6 Å². The molecule has 0 aliphatic carbocycles. The van der Waals surface area contributed by atoms with Crippen LogP contribution < -0.4 is 11.1 Å². The second kappa shape index (κ2) is 4.71. The van der Waals surface area contributed by atoms with Crippen LogP contribution in [-0.2, 0) is 0 Å². The summed E-state index contributed by atoms with van der Waals surface area (Å²) in [5.74, 6) is -1.30. The summed E-state index contributed by atoms with van der Waals surface area (Å²) in [6.45, 7) is 1.06. The number of nitrogens with zero attached hydrogens (tertiary/aromatic N) is 1. The van der Waals surface area contributed by atoms with Gasteiger partial charge in [0.2, 0.25) is 0 Å². The number of aromatic nitrogens is 1. The lowest BCUT2D eigenvalue weighted by molar-refractivity contribution is 0.575. The van der Waals surface area contributed by atoms with Crippen LogP contribution in [0.5, 0.6) is 0 Å². The van der Waals surface area contributed by atoms with Crippen LogP contribution in [-0.4, -0.2) is 18.1 Å². The van der Waals surface area contributed by atoms with Crippen molar-refractivity contribution in [2.75, 3.05) is 18.4 Å². The SMILES string of the molecule is NCCCNc1ncc(F)cc1F. The van der Waals surface area contributed by atoms with Crippen molar-refractivity contribution in [1.29, 1.82) is 0 Å². The summed E-state index contributed by atoms with van der Waals surface area (Å²) in [5.41, 5.74) is 5.24. The number of pyridine rings is 1. The highest BCUT2D eigenvalue weighted by Crippen LogP contribution is 2.10. The molecule has 0 aliphatic heterocycles. The molecule has 5 heteroatoms. The van der Waals surface area contributed by atoms with E-state index >= 15 is 0 Å². The van der Waals surface area contributed by atoms with Crippen molar-refractivity contribution in [2.24, 2.45) is 5.73 Å². The first-order valence-electron chi connectivity index (χ1n) is 3.99. The lowest BCUT2D eigenvalue weighted by Gasteiger charge is -2.04. The molecule has 3 nitrogen and oxygen atoms in total. The Hall–Kier alpha value is -1.23. The van der Waals surface area contributed by atoms with Crippen LogP contribution in [0.3, 0.4) is 0 Å². The Morgan fingerprint density at radius 1 is 1.46 bits per heavy atom. The van der Waals surface area contributed by atoms with E-state index in [9.17, 15) is 8.78 Å². The molecule has 3 N–H and O–H groups in total. The van der Waals surface area contributed by atoms with Crippen molar-refractivity contribution in [2.45, 2.75) is 6.42 Å². The van der Waals surface area contributed by atoms with Gasteiger partial charge < -0.3 is 11.1 Å². The zero-order valence-corrected chi connectivity index (χ0v) is 7.06. The molecule has 1 aromatic heterocycles. The summed E-state index contributed by atoms with van der Waals surface area (Å²) in [6.07, 6.45) is 1.69. The standard InChI is InChI=1S/C8H11F2N3/c9-6-4-7(10)8(13-5-6)12-3-1-2-11/h4-5H,1-3,11H2,(H,12,13). The molecule has 1 rings (SSSR count). The molecule has 0 saturated carbocycles. The van der Waals surface area contributed by atoms with Gasteiger partial charge in [0, 0.05) is 12.6 Å².